The Balaban J connectivity index is 2.16. The minimum absolute atomic E-state index is 0.0915. The summed E-state index contributed by atoms with van der Waals surface area (Å²) in [6, 6.07) is 15.3. The van der Waals surface area contributed by atoms with E-state index >= 15 is 0 Å². The van der Waals surface area contributed by atoms with Crippen molar-refractivity contribution in [3.05, 3.63) is 57.7 Å². The van der Waals surface area contributed by atoms with Crippen molar-refractivity contribution in [3.8, 4) is 0 Å². The summed E-state index contributed by atoms with van der Waals surface area (Å²) >= 11 is 2.23. The Hall–Kier alpha value is -1.56. The van der Waals surface area contributed by atoms with Crippen molar-refractivity contribution in [1.82, 2.24) is 0 Å². The molecule has 4 heteroatoms. The largest absolute Gasteiger partial charge is 0.384 e. The van der Waals surface area contributed by atoms with Crippen molar-refractivity contribution >= 4 is 39.9 Å². The smallest absolute Gasteiger partial charge is 0.257 e. The van der Waals surface area contributed by atoms with E-state index in [1.807, 2.05) is 48.5 Å². The Labute approximate surface area is 132 Å². The first-order valence-corrected chi connectivity index (χ1v) is 7.68. The van der Waals surface area contributed by atoms with Crippen LogP contribution in [-0.4, -0.2) is 12.5 Å². The molecular weight excluding hydrogens is 363 g/mol. The number of anilines is 2. The van der Waals surface area contributed by atoms with Crippen molar-refractivity contribution < 1.29 is 4.79 Å². The van der Waals surface area contributed by atoms with Gasteiger partial charge >= 0.3 is 0 Å². The molecular formula is C16H17IN2O. The Bertz CT molecular complexity index is 599. The van der Waals surface area contributed by atoms with Crippen molar-refractivity contribution in [3.63, 3.8) is 0 Å². The number of nitrogens with one attached hydrogen (secondary N) is 2. The lowest BCUT2D eigenvalue weighted by Gasteiger charge is -2.11. The van der Waals surface area contributed by atoms with Crippen LogP contribution >= 0.6 is 22.6 Å². The number of para-hydroxylation sites is 1. The first kappa shape index (κ1) is 14.8. The van der Waals surface area contributed by atoms with Gasteiger partial charge in [0.15, 0.2) is 0 Å². The Morgan fingerprint density at radius 2 is 1.95 bits per heavy atom. The van der Waals surface area contributed by atoms with Crippen LogP contribution < -0.4 is 10.6 Å². The molecule has 3 nitrogen and oxygen atoms in total. The van der Waals surface area contributed by atoms with Crippen LogP contribution in [0.15, 0.2) is 48.5 Å². The number of carbonyl (C=O) groups excluding carboxylic acids is 1. The maximum absolute atomic E-state index is 12.4. The van der Waals surface area contributed by atoms with E-state index in [1.165, 1.54) is 0 Å². The molecule has 0 heterocycles. The van der Waals surface area contributed by atoms with Gasteiger partial charge in [-0.05, 0) is 59.3 Å². The number of rotatable bonds is 5. The van der Waals surface area contributed by atoms with E-state index in [9.17, 15) is 4.79 Å². The van der Waals surface area contributed by atoms with Gasteiger partial charge in [-0.25, -0.2) is 0 Å². The molecule has 0 saturated heterocycles. The Morgan fingerprint density at radius 1 is 1.15 bits per heavy atom. The highest BCUT2D eigenvalue weighted by molar-refractivity contribution is 14.1. The van der Waals surface area contributed by atoms with Gasteiger partial charge in [-0.2, -0.15) is 0 Å². The van der Waals surface area contributed by atoms with Crippen LogP contribution in [0, 0.1) is 3.57 Å². The van der Waals surface area contributed by atoms with Crippen LogP contribution in [0.25, 0.3) is 0 Å². The molecule has 0 atom stereocenters. The molecule has 104 valence electrons. The average Bonchev–Trinajstić information content (AvgIpc) is 2.45. The van der Waals surface area contributed by atoms with E-state index in [-0.39, 0.29) is 5.91 Å². The van der Waals surface area contributed by atoms with Gasteiger partial charge in [-0.15, -0.1) is 0 Å². The van der Waals surface area contributed by atoms with Crippen LogP contribution in [0.4, 0.5) is 11.4 Å². The number of benzene rings is 2. The molecule has 0 spiro atoms. The maximum atomic E-state index is 12.4. The molecule has 0 aliphatic rings. The average molecular weight is 380 g/mol. The van der Waals surface area contributed by atoms with E-state index in [2.05, 4.69) is 40.1 Å². The fourth-order valence-corrected chi connectivity index (χ4v) is 2.40. The van der Waals surface area contributed by atoms with Crippen LogP contribution in [0.3, 0.4) is 0 Å². The third-order valence-electron chi connectivity index (χ3n) is 2.82. The molecule has 0 bridgehead atoms. The normalized spacial score (nSPS) is 10.1. The third-order valence-corrected chi connectivity index (χ3v) is 3.49. The predicted octanol–water partition coefficient (Wildman–Crippen LogP) is 4.37. The lowest BCUT2D eigenvalue weighted by atomic mass is 10.1. The number of amides is 1. The van der Waals surface area contributed by atoms with Gasteiger partial charge in [0.1, 0.15) is 0 Å². The van der Waals surface area contributed by atoms with Gasteiger partial charge < -0.3 is 10.6 Å². The molecule has 0 aliphatic carbocycles. The summed E-state index contributed by atoms with van der Waals surface area (Å²) in [4.78, 5) is 12.4. The molecule has 0 radical (unpaired) electrons. The molecule has 2 aromatic rings. The zero-order chi connectivity index (χ0) is 14.4. The van der Waals surface area contributed by atoms with Crippen molar-refractivity contribution in [1.29, 1.82) is 0 Å². The minimum atomic E-state index is -0.0915. The van der Waals surface area contributed by atoms with E-state index in [1.54, 1.807) is 0 Å². The Morgan fingerprint density at radius 3 is 2.70 bits per heavy atom. The van der Waals surface area contributed by atoms with Gasteiger partial charge in [0.05, 0.1) is 5.56 Å². The van der Waals surface area contributed by atoms with Crippen LogP contribution in [0.2, 0.25) is 0 Å². The van der Waals surface area contributed by atoms with E-state index in [4.69, 9.17) is 0 Å². The zero-order valence-electron chi connectivity index (χ0n) is 11.3. The van der Waals surface area contributed by atoms with Crippen LogP contribution in [0.5, 0.6) is 0 Å². The first-order valence-electron chi connectivity index (χ1n) is 6.60. The lowest BCUT2D eigenvalue weighted by Crippen LogP contribution is -2.15. The standard InChI is InChI=1S/C16H17IN2O/c1-2-10-18-15-9-4-3-8-14(15)16(20)19-13-7-5-6-12(17)11-13/h3-9,11,18H,2,10H2,1H3,(H,19,20). The van der Waals surface area contributed by atoms with Gasteiger partial charge in [0.25, 0.3) is 5.91 Å². The predicted molar refractivity (Wildman–Crippen MR) is 92.3 cm³/mol. The summed E-state index contributed by atoms with van der Waals surface area (Å²) in [5.74, 6) is -0.0915. The number of carbonyl (C=O) groups is 1. The molecule has 2 N–H and O–H groups in total. The summed E-state index contributed by atoms with van der Waals surface area (Å²) < 4.78 is 1.10. The maximum Gasteiger partial charge on any atom is 0.257 e. The molecule has 0 unspecified atom stereocenters. The molecule has 0 aromatic heterocycles. The highest BCUT2D eigenvalue weighted by atomic mass is 127. The summed E-state index contributed by atoms with van der Waals surface area (Å²) in [6.07, 6.45) is 1.02. The van der Waals surface area contributed by atoms with Crippen molar-refractivity contribution in [2.45, 2.75) is 13.3 Å². The lowest BCUT2D eigenvalue weighted by molar-refractivity contribution is 0.102. The quantitative estimate of drug-likeness (QED) is 0.757. The Kier molecular flexibility index (Phi) is 5.40. The molecule has 20 heavy (non-hydrogen) atoms. The second kappa shape index (κ2) is 7.28. The summed E-state index contributed by atoms with van der Waals surface area (Å²) in [5, 5.41) is 6.21. The van der Waals surface area contributed by atoms with E-state index in [0.29, 0.717) is 5.56 Å². The fraction of sp³-hybridized carbons (Fsp3) is 0.188. The van der Waals surface area contributed by atoms with Crippen molar-refractivity contribution in [2.24, 2.45) is 0 Å². The van der Waals surface area contributed by atoms with Crippen LogP contribution in [0.1, 0.15) is 23.7 Å². The number of hydrogen-bond donors (Lipinski definition) is 2. The van der Waals surface area contributed by atoms with Gasteiger partial charge in [-0.3, -0.25) is 4.79 Å². The van der Waals surface area contributed by atoms with Gasteiger partial charge in [-0.1, -0.05) is 25.1 Å². The second-order valence-electron chi connectivity index (χ2n) is 4.44. The molecule has 2 rings (SSSR count). The summed E-state index contributed by atoms with van der Waals surface area (Å²) in [6.45, 7) is 2.95. The van der Waals surface area contributed by atoms with E-state index < -0.39 is 0 Å². The second-order valence-corrected chi connectivity index (χ2v) is 5.68. The zero-order valence-corrected chi connectivity index (χ0v) is 13.5. The van der Waals surface area contributed by atoms with Crippen LogP contribution in [-0.2, 0) is 0 Å². The van der Waals surface area contributed by atoms with Gasteiger partial charge in [0.2, 0.25) is 0 Å². The SMILES string of the molecule is CCCNc1ccccc1C(=O)Nc1cccc(I)c1. The topological polar surface area (TPSA) is 41.1 Å². The highest BCUT2D eigenvalue weighted by Crippen LogP contribution is 2.18. The van der Waals surface area contributed by atoms with E-state index in [0.717, 1.165) is 27.9 Å². The monoisotopic (exact) mass is 380 g/mol. The third kappa shape index (κ3) is 3.96. The minimum Gasteiger partial charge on any atom is -0.384 e. The fourth-order valence-electron chi connectivity index (χ4n) is 1.86. The molecule has 2 aromatic carbocycles. The summed E-state index contributed by atoms with van der Waals surface area (Å²) in [5.41, 5.74) is 2.35. The highest BCUT2D eigenvalue weighted by Gasteiger charge is 2.10. The molecule has 0 fully saturated rings. The molecule has 0 saturated carbocycles. The number of hydrogen-bond acceptors (Lipinski definition) is 2. The molecule has 0 aliphatic heterocycles. The summed E-state index contributed by atoms with van der Waals surface area (Å²) in [7, 11) is 0. The first-order chi connectivity index (χ1) is 9.70. The number of halogens is 1. The van der Waals surface area contributed by atoms with Crippen molar-refractivity contribution in [2.75, 3.05) is 17.2 Å². The molecule has 1 amide bonds. The van der Waals surface area contributed by atoms with Gasteiger partial charge in [0, 0.05) is 21.5 Å².